The highest BCUT2D eigenvalue weighted by Gasteiger charge is 2.16. The van der Waals surface area contributed by atoms with Crippen molar-refractivity contribution in [2.75, 3.05) is 0 Å². The van der Waals surface area contributed by atoms with Crippen LogP contribution in [0.2, 0.25) is 5.02 Å². The minimum Gasteiger partial charge on any atom is -0.323 e. The third-order valence-corrected chi connectivity index (χ3v) is 4.72. The van der Waals surface area contributed by atoms with Gasteiger partial charge in [-0.25, -0.2) is 0 Å². The molecule has 0 aliphatic rings. The molecule has 0 aliphatic carbocycles. The van der Waals surface area contributed by atoms with E-state index in [1.807, 2.05) is 35.3 Å². The molecule has 0 saturated heterocycles. The highest BCUT2D eigenvalue weighted by molar-refractivity contribution is 7.10. The van der Waals surface area contributed by atoms with E-state index in [-0.39, 0.29) is 6.04 Å². The molecule has 0 saturated carbocycles. The van der Waals surface area contributed by atoms with Crippen molar-refractivity contribution in [2.24, 2.45) is 12.8 Å². The van der Waals surface area contributed by atoms with E-state index < -0.39 is 0 Å². The van der Waals surface area contributed by atoms with Crippen LogP contribution in [0.5, 0.6) is 0 Å². The van der Waals surface area contributed by atoms with Crippen LogP contribution in [0.4, 0.5) is 0 Å². The number of thiophene rings is 1. The average Bonchev–Trinajstić information content (AvgIpc) is 2.95. The zero-order valence-electron chi connectivity index (χ0n) is 10.5. The molecule has 2 heterocycles. The van der Waals surface area contributed by atoms with E-state index in [1.54, 1.807) is 11.3 Å². The van der Waals surface area contributed by atoms with Crippen molar-refractivity contribution in [3.63, 3.8) is 0 Å². The summed E-state index contributed by atoms with van der Waals surface area (Å²) in [7, 11) is 1.95. The van der Waals surface area contributed by atoms with Gasteiger partial charge >= 0.3 is 0 Å². The molecule has 0 spiro atoms. The molecule has 1 atom stereocenters. The first-order chi connectivity index (χ1) is 9.16. The lowest BCUT2D eigenvalue weighted by Gasteiger charge is -2.08. The minimum absolute atomic E-state index is 0.106. The molecule has 3 rings (SSSR count). The molecule has 19 heavy (non-hydrogen) atoms. The molecule has 5 heteroatoms. The Morgan fingerprint density at radius 3 is 2.89 bits per heavy atom. The number of benzene rings is 1. The van der Waals surface area contributed by atoms with E-state index in [9.17, 15) is 0 Å². The smallest absolute Gasteiger partial charge is 0.0722 e. The van der Waals surface area contributed by atoms with Crippen molar-refractivity contribution < 1.29 is 0 Å². The summed E-state index contributed by atoms with van der Waals surface area (Å²) < 4.78 is 1.90. The number of hydrogen-bond acceptors (Lipinski definition) is 3. The van der Waals surface area contributed by atoms with Crippen LogP contribution in [0, 0.1) is 0 Å². The maximum atomic E-state index is 6.25. The molecule has 2 N–H and O–H groups in total. The van der Waals surface area contributed by atoms with Crippen molar-refractivity contribution in [3.8, 4) is 0 Å². The van der Waals surface area contributed by atoms with E-state index in [4.69, 9.17) is 17.3 Å². The molecule has 0 radical (unpaired) electrons. The summed E-state index contributed by atoms with van der Waals surface area (Å²) in [6.45, 7) is 0. The number of nitrogens with two attached hydrogens (primary N) is 1. The van der Waals surface area contributed by atoms with Gasteiger partial charge < -0.3 is 5.73 Å². The Morgan fingerprint density at radius 2 is 2.16 bits per heavy atom. The van der Waals surface area contributed by atoms with Gasteiger partial charge in [-0.2, -0.15) is 5.10 Å². The van der Waals surface area contributed by atoms with Crippen molar-refractivity contribution in [1.82, 2.24) is 9.78 Å². The predicted molar refractivity (Wildman–Crippen MR) is 80.7 cm³/mol. The van der Waals surface area contributed by atoms with E-state index in [0.717, 1.165) is 26.5 Å². The van der Waals surface area contributed by atoms with Crippen LogP contribution < -0.4 is 5.73 Å². The number of hydrogen-bond donors (Lipinski definition) is 1. The molecule has 2 aromatic heterocycles. The van der Waals surface area contributed by atoms with Gasteiger partial charge in [0.2, 0.25) is 0 Å². The van der Waals surface area contributed by atoms with Crippen LogP contribution in [0.15, 0.2) is 35.7 Å². The van der Waals surface area contributed by atoms with Crippen LogP contribution in [-0.4, -0.2) is 9.78 Å². The summed E-state index contributed by atoms with van der Waals surface area (Å²) in [5, 5.41) is 8.44. The summed E-state index contributed by atoms with van der Waals surface area (Å²) in [4.78, 5) is 1.02. The van der Waals surface area contributed by atoms with E-state index >= 15 is 0 Å². The zero-order valence-corrected chi connectivity index (χ0v) is 12.1. The second-order valence-electron chi connectivity index (χ2n) is 4.53. The van der Waals surface area contributed by atoms with Crippen LogP contribution >= 0.6 is 22.9 Å². The van der Waals surface area contributed by atoms with Crippen molar-refractivity contribution in [2.45, 2.75) is 12.5 Å². The van der Waals surface area contributed by atoms with Gasteiger partial charge in [0.1, 0.15) is 0 Å². The SMILES string of the molecule is Cn1nc(CC(N)c2sccc2Cl)c2ccccc21. The molecule has 3 aromatic rings. The van der Waals surface area contributed by atoms with E-state index in [1.165, 1.54) is 0 Å². The van der Waals surface area contributed by atoms with Crippen LogP contribution in [-0.2, 0) is 13.5 Å². The Balaban J connectivity index is 1.96. The van der Waals surface area contributed by atoms with Gasteiger partial charge in [-0.15, -0.1) is 11.3 Å². The maximum Gasteiger partial charge on any atom is 0.0722 e. The standard InChI is InChI=1S/C14H14ClN3S/c1-18-13-5-3-2-4-9(13)12(17-18)8-11(16)14-10(15)6-7-19-14/h2-7,11H,8,16H2,1H3. The van der Waals surface area contributed by atoms with E-state index in [0.29, 0.717) is 6.42 Å². The topological polar surface area (TPSA) is 43.8 Å². The number of fused-ring (bicyclic) bond motifs is 1. The zero-order chi connectivity index (χ0) is 13.4. The first-order valence-corrected chi connectivity index (χ1v) is 7.31. The Labute approximate surface area is 120 Å². The van der Waals surface area contributed by atoms with E-state index in [2.05, 4.69) is 17.2 Å². The number of para-hydroxylation sites is 1. The lowest BCUT2D eigenvalue weighted by atomic mass is 10.1. The largest absolute Gasteiger partial charge is 0.323 e. The Kier molecular flexibility index (Phi) is 3.31. The predicted octanol–water partition coefficient (Wildman–Crippen LogP) is 3.53. The third kappa shape index (κ3) is 2.27. The van der Waals surface area contributed by atoms with Crippen LogP contribution in [0.3, 0.4) is 0 Å². The summed E-state index contributed by atoms with van der Waals surface area (Å²) >= 11 is 7.73. The van der Waals surface area contributed by atoms with Crippen LogP contribution in [0.25, 0.3) is 10.9 Å². The summed E-state index contributed by atoms with van der Waals surface area (Å²) in [6, 6.07) is 9.97. The molecule has 98 valence electrons. The fourth-order valence-electron chi connectivity index (χ4n) is 2.31. The second-order valence-corrected chi connectivity index (χ2v) is 5.89. The molecular weight excluding hydrogens is 278 g/mol. The molecule has 1 unspecified atom stereocenters. The minimum atomic E-state index is -0.106. The monoisotopic (exact) mass is 291 g/mol. The number of aryl methyl sites for hydroxylation is 1. The Hall–Kier alpha value is -1.36. The van der Waals surface area contributed by atoms with Gasteiger partial charge in [0.15, 0.2) is 0 Å². The fourth-order valence-corrected chi connectivity index (χ4v) is 3.51. The van der Waals surface area contributed by atoms with Gasteiger partial charge in [0, 0.05) is 29.8 Å². The third-order valence-electron chi connectivity index (χ3n) is 3.23. The molecule has 0 fully saturated rings. The molecule has 0 aliphatic heterocycles. The molecule has 3 nitrogen and oxygen atoms in total. The lowest BCUT2D eigenvalue weighted by Crippen LogP contribution is -2.13. The quantitative estimate of drug-likeness (QED) is 0.802. The fraction of sp³-hybridized carbons (Fsp3) is 0.214. The molecular formula is C14H14ClN3S. The number of halogens is 1. The van der Waals surface area contributed by atoms with Gasteiger partial charge in [0.05, 0.1) is 16.2 Å². The van der Waals surface area contributed by atoms with Crippen LogP contribution in [0.1, 0.15) is 16.6 Å². The number of nitrogens with zero attached hydrogens (tertiary/aromatic N) is 2. The van der Waals surface area contributed by atoms with Crippen molar-refractivity contribution in [3.05, 3.63) is 51.3 Å². The first kappa shape index (κ1) is 12.7. The second kappa shape index (κ2) is 4.96. The molecule has 0 amide bonds. The maximum absolute atomic E-state index is 6.25. The summed E-state index contributed by atoms with van der Waals surface area (Å²) in [6.07, 6.45) is 0.696. The molecule has 1 aromatic carbocycles. The van der Waals surface area contributed by atoms with Gasteiger partial charge in [-0.05, 0) is 17.5 Å². The average molecular weight is 292 g/mol. The number of rotatable bonds is 3. The van der Waals surface area contributed by atoms with Crippen molar-refractivity contribution in [1.29, 1.82) is 0 Å². The Bertz CT molecular complexity index is 716. The Morgan fingerprint density at radius 1 is 1.37 bits per heavy atom. The van der Waals surface area contributed by atoms with Gasteiger partial charge in [0.25, 0.3) is 0 Å². The van der Waals surface area contributed by atoms with Gasteiger partial charge in [-0.3, -0.25) is 4.68 Å². The summed E-state index contributed by atoms with van der Waals surface area (Å²) in [5.74, 6) is 0. The highest BCUT2D eigenvalue weighted by Crippen LogP contribution is 2.30. The van der Waals surface area contributed by atoms with Gasteiger partial charge in [-0.1, -0.05) is 29.8 Å². The molecule has 0 bridgehead atoms. The normalized spacial score (nSPS) is 13.0. The number of aromatic nitrogens is 2. The first-order valence-electron chi connectivity index (χ1n) is 6.06. The lowest BCUT2D eigenvalue weighted by molar-refractivity contribution is 0.691. The van der Waals surface area contributed by atoms with Crippen molar-refractivity contribution >= 4 is 33.8 Å². The highest BCUT2D eigenvalue weighted by atomic mass is 35.5. The summed E-state index contributed by atoms with van der Waals surface area (Å²) in [5.41, 5.74) is 8.40.